The van der Waals surface area contributed by atoms with Gasteiger partial charge in [0, 0.05) is 23.1 Å². The monoisotopic (exact) mass is 488 g/mol. The van der Waals surface area contributed by atoms with Crippen molar-refractivity contribution in [1.82, 2.24) is 0 Å². The second-order valence-corrected chi connectivity index (χ2v) is 8.25. The largest absolute Gasteiger partial charge is 0.497 e. The molecule has 0 bridgehead atoms. The standard InChI is InChI=1S/C28H24O8/c1-31-16-7-5-15(6-8-16)11-24-27(30)17-9-10-20-26(28(17)36-24)19(13-25(29)35-20)18-12-22(33-3)23(34-4)14-21(18)32-2/h5-12,14,19H,13H2,1-4H3/b24-11-/t19-/m0/s1. The van der Waals surface area contributed by atoms with Crippen LogP contribution in [0.1, 0.15) is 39.4 Å². The fourth-order valence-electron chi connectivity index (χ4n) is 4.55. The Morgan fingerprint density at radius 3 is 2.17 bits per heavy atom. The number of hydrogen-bond donors (Lipinski definition) is 0. The van der Waals surface area contributed by atoms with Gasteiger partial charge in [-0.3, -0.25) is 9.59 Å². The van der Waals surface area contributed by atoms with Crippen LogP contribution in [-0.4, -0.2) is 40.2 Å². The Balaban J connectivity index is 1.62. The van der Waals surface area contributed by atoms with Crippen LogP contribution < -0.4 is 28.4 Å². The first-order valence-electron chi connectivity index (χ1n) is 11.2. The number of ether oxygens (including phenoxy) is 6. The molecule has 2 aliphatic rings. The summed E-state index contributed by atoms with van der Waals surface area (Å²) in [4.78, 5) is 25.8. The first-order chi connectivity index (χ1) is 17.5. The molecule has 0 N–H and O–H groups in total. The summed E-state index contributed by atoms with van der Waals surface area (Å²) in [6.07, 6.45) is 1.71. The van der Waals surface area contributed by atoms with E-state index >= 15 is 0 Å². The van der Waals surface area contributed by atoms with Crippen molar-refractivity contribution in [3.05, 3.63) is 76.5 Å². The molecule has 8 nitrogen and oxygen atoms in total. The number of allylic oxidation sites excluding steroid dienone is 1. The van der Waals surface area contributed by atoms with Gasteiger partial charge >= 0.3 is 5.97 Å². The highest BCUT2D eigenvalue weighted by Crippen LogP contribution is 2.51. The Morgan fingerprint density at radius 1 is 0.806 bits per heavy atom. The molecule has 3 aromatic carbocycles. The summed E-state index contributed by atoms with van der Waals surface area (Å²) in [6.45, 7) is 0. The third kappa shape index (κ3) is 3.90. The van der Waals surface area contributed by atoms with E-state index in [4.69, 9.17) is 28.4 Å². The maximum atomic E-state index is 13.2. The van der Waals surface area contributed by atoms with Crippen LogP contribution >= 0.6 is 0 Å². The Hall–Kier alpha value is -4.46. The number of Topliss-reactive ketones (excluding diaryl/α,β-unsaturated/α-hetero) is 1. The average molecular weight is 488 g/mol. The topological polar surface area (TPSA) is 89.5 Å². The van der Waals surface area contributed by atoms with Gasteiger partial charge in [0.25, 0.3) is 0 Å². The van der Waals surface area contributed by atoms with E-state index in [0.717, 1.165) is 5.56 Å². The summed E-state index contributed by atoms with van der Waals surface area (Å²) in [5.74, 6) is 1.93. The number of carbonyl (C=O) groups excluding carboxylic acids is 2. The maximum Gasteiger partial charge on any atom is 0.312 e. The molecular formula is C28H24O8. The van der Waals surface area contributed by atoms with Crippen molar-refractivity contribution < 1.29 is 38.0 Å². The fraction of sp³-hybridized carbons (Fsp3) is 0.214. The van der Waals surface area contributed by atoms with Crippen LogP contribution in [0.4, 0.5) is 0 Å². The van der Waals surface area contributed by atoms with Crippen LogP contribution in [0, 0.1) is 0 Å². The molecule has 184 valence electrons. The lowest BCUT2D eigenvalue weighted by Gasteiger charge is -2.28. The molecule has 1 atom stereocenters. The Labute approximate surface area is 207 Å². The Morgan fingerprint density at radius 2 is 1.50 bits per heavy atom. The second kappa shape index (κ2) is 9.30. The highest BCUT2D eigenvalue weighted by Gasteiger charge is 2.39. The van der Waals surface area contributed by atoms with Crippen molar-refractivity contribution in [3.8, 4) is 34.5 Å². The predicted octanol–water partition coefficient (Wildman–Crippen LogP) is 4.78. The van der Waals surface area contributed by atoms with Gasteiger partial charge in [-0.05, 0) is 42.0 Å². The van der Waals surface area contributed by atoms with E-state index in [1.807, 2.05) is 12.1 Å². The van der Waals surface area contributed by atoms with Gasteiger partial charge in [0.1, 0.15) is 23.0 Å². The summed E-state index contributed by atoms with van der Waals surface area (Å²) in [7, 11) is 6.20. The zero-order valence-corrected chi connectivity index (χ0v) is 20.2. The molecular weight excluding hydrogens is 464 g/mol. The first kappa shape index (κ1) is 23.3. The van der Waals surface area contributed by atoms with Crippen molar-refractivity contribution in [2.45, 2.75) is 12.3 Å². The van der Waals surface area contributed by atoms with E-state index in [1.165, 1.54) is 21.3 Å². The predicted molar refractivity (Wildman–Crippen MR) is 131 cm³/mol. The first-order valence-corrected chi connectivity index (χ1v) is 11.2. The molecule has 2 aliphatic heterocycles. The maximum absolute atomic E-state index is 13.2. The molecule has 3 aromatic rings. The van der Waals surface area contributed by atoms with Gasteiger partial charge in [-0.25, -0.2) is 0 Å². The number of methoxy groups -OCH3 is 4. The van der Waals surface area contributed by atoms with E-state index in [9.17, 15) is 9.59 Å². The van der Waals surface area contributed by atoms with Crippen LogP contribution in [0.3, 0.4) is 0 Å². The van der Waals surface area contributed by atoms with E-state index in [1.54, 1.807) is 49.6 Å². The molecule has 0 aromatic heterocycles. The highest BCUT2D eigenvalue weighted by atomic mass is 16.5. The number of esters is 1. The van der Waals surface area contributed by atoms with E-state index in [0.29, 0.717) is 51.2 Å². The zero-order chi connectivity index (χ0) is 25.4. The summed E-state index contributed by atoms with van der Waals surface area (Å²) >= 11 is 0. The van der Waals surface area contributed by atoms with Crippen molar-refractivity contribution in [2.75, 3.05) is 28.4 Å². The van der Waals surface area contributed by atoms with Crippen molar-refractivity contribution >= 4 is 17.8 Å². The summed E-state index contributed by atoms with van der Waals surface area (Å²) in [5, 5.41) is 0. The lowest BCUT2D eigenvalue weighted by molar-refractivity contribution is -0.135. The fourth-order valence-corrected chi connectivity index (χ4v) is 4.55. The Bertz CT molecular complexity index is 1390. The summed E-state index contributed by atoms with van der Waals surface area (Å²) in [5.41, 5.74) is 2.47. The third-order valence-corrected chi connectivity index (χ3v) is 6.30. The van der Waals surface area contributed by atoms with Crippen LogP contribution in [-0.2, 0) is 4.79 Å². The molecule has 0 spiro atoms. The SMILES string of the molecule is COc1ccc(/C=C2\Oc3c(ccc4c3[C@H](c3cc(OC)c(OC)cc3OC)CC(=O)O4)C2=O)cc1. The van der Waals surface area contributed by atoms with Gasteiger partial charge in [0.15, 0.2) is 17.3 Å². The molecule has 8 heteroatoms. The third-order valence-electron chi connectivity index (χ3n) is 6.30. The minimum absolute atomic E-state index is 0.0321. The minimum atomic E-state index is -0.501. The quantitative estimate of drug-likeness (QED) is 0.278. The molecule has 0 unspecified atom stereocenters. The molecule has 0 amide bonds. The van der Waals surface area contributed by atoms with E-state index in [2.05, 4.69) is 0 Å². The van der Waals surface area contributed by atoms with Gasteiger partial charge in [-0.15, -0.1) is 0 Å². The van der Waals surface area contributed by atoms with Gasteiger partial charge in [-0.1, -0.05) is 12.1 Å². The zero-order valence-electron chi connectivity index (χ0n) is 20.2. The average Bonchev–Trinajstić information content (AvgIpc) is 3.22. The summed E-state index contributed by atoms with van der Waals surface area (Å²) < 4.78 is 33.4. The summed E-state index contributed by atoms with van der Waals surface area (Å²) in [6, 6.07) is 14.0. The number of ketones is 1. The van der Waals surface area contributed by atoms with Gasteiger partial charge < -0.3 is 28.4 Å². The van der Waals surface area contributed by atoms with Crippen molar-refractivity contribution in [3.63, 3.8) is 0 Å². The molecule has 2 heterocycles. The Kier molecular flexibility index (Phi) is 6.01. The minimum Gasteiger partial charge on any atom is -0.497 e. The van der Waals surface area contributed by atoms with Gasteiger partial charge in [0.05, 0.1) is 40.4 Å². The van der Waals surface area contributed by atoms with E-state index < -0.39 is 11.9 Å². The van der Waals surface area contributed by atoms with Crippen molar-refractivity contribution in [1.29, 1.82) is 0 Å². The van der Waals surface area contributed by atoms with Crippen LogP contribution in [0.25, 0.3) is 6.08 Å². The van der Waals surface area contributed by atoms with Gasteiger partial charge in [-0.2, -0.15) is 0 Å². The lowest BCUT2D eigenvalue weighted by atomic mass is 9.84. The molecule has 36 heavy (non-hydrogen) atoms. The van der Waals surface area contributed by atoms with Crippen LogP contribution in [0.2, 0.25) is 0 Å². The van der Waals surface area contributed by atoms with E-state index in [-0.39, 0.29) is 18.0 Å². The molecule has 0 aliphatic carbocycles. The molecule has 5 rings (SSSR count). The number of hydrogen-bond acceptors (Lipinski definition) is 8. The number of rotatable bonds is 6. The molecule has 0 fully saturated rings. The lowest BCUT2D eigenvalue weighted by Crippen LogP contribution is -2.22. The normalized spacial score (nSPS) is 17.1. The van der Waals surface area contributed by atoms with Crippen LogP contribution in [0.15, 0.2) is 54.3 Å². The number of carbonyl (C=O) groups is 2. The van der Waals surface area contributed by atoms with Gasteiger partial charge in [0.2, 0.25) is 5.78 Å². The molecule has 0 saturated carbocycles. The smallest absolute Gasteiger partial charge is 0.312 e. The van der Waals surface area contributed by atoms with Crippen LogP contribution in [0.5, 0.6) is 34.5 Å². The number of benzene rings is 3. The molecule has 0 radical (unpaired) electrons. The highest BCUT2D eigenvalue weighted by molar-refractivity contribution is 6.15. The number of fused-ring (bicyclic) bond motifs is 3. The van der Waals surface area contributed by atoms with Crippen molar-refractivity contribution in [2.24, 2.45) is 0 Å². The molecule has 0 saturated heterocycles. The second-order valence-electron chi connectivity index (χ2n) is 8.25.